The number of para-hydroxylation sites is 2. The van der Waals surface area contributed by atoms with Gasteiger partial charge < -0.3 is 24.8 Å². The molecule has 0 saturated heterocycles. The SMILES string of the molecule is C=C/C=C\CN/C=C(\N)c1ccc(N(c2ccc(-c3cc4ccccc4o3)cc2)c2ccc(-c3cc4ccccc4o3)cc2)cc1. The molecule has 0 saturated carbocycles. The molecular weight excluding hydrogens is 566 g/mol. The maximum absolute atomic E-state index is 6.38. The quantitative estimate of drug-likeness (QED) is 0.121. The lowest BCUT2D eigenvalue weighted by Crippen LogP contribution is -2.11. The Bertz CT molecular complexity index is 1980. The number of benzene rings is 5. The second-order valence-electron chi connectivity index (χ2n) is 10.9. The van der Waals surface area contributed by atoms with Crippen molar-refractivity contribution in [1.82, 2.24) is 5.32 Å². The Morgan fingerprint density at radius 3 is 1.61 bits per heavy atom. The third-order valence-corrected chi connectivity index (χ3v) is 7.90. The molecule has 0 unspecified atom stereocenters. The number of hydrogen-bond donors (Lipinski definition) is 2. The second-order valence-corrected chi connectivity index (χ2v) is 10.9. The smallest absolute Gasteiger partial charge is 0.135 e. The zero-order valence-electron chi connectivity index (χ0n) is 25.3. The van der Waals surface area contributed by atoms with E-state index >= 15 is 0 Å². The van der Waals surface area contributed by atoms with Gasteiger partial charge in [0.15, 0.2) is 0 Å². The summed E-state index contributed by atoms with van der Waals surface area (Å²) in [4.78, 5) is 2.23. The number of fused-ring (bicyclic) bond motifs is 2. The Balaban J connectivity index is 1.21. The van der Waals surface area contributed by atoms with E-state index in [1.807, 2.05) is 66.9 Å². The largest absolute Gasteiger partial charge is 0.456 e. The van der Waals surface area contributed by atoms with Gasteiger partial charge in [0, 0.05) is 51.7 Å². The van der Waals surface area contributed by atoms with Crippen LogP contribution in [0.4, 0.5) is 17.1 Å². The Labute approximate surface area is 268 Å². The van der Waals surface area contributed by atoms with E-state index in [1.165, 1.54) is 0 Å². The summed E-state index contributed by atoms with van der Waals surface area (Å²) >= 11 is 0. The third kappa shape index (κ3) is 5.94. The molecule has 0 fully saturated rings. The fourth-order valence-electron chi connectivity index (χ4n) is 5.53. The Kier molecular flexibility index (Phi) is 7.95. The molecule has 0 bridgehead atoms. The lowest BCUT2D eigenvalue weighted by molar-refractivity contribution is 0.631. The zero-order valence-corrected chi connectivity index (χ0v) is 25.3. The van der Waals surface area contributed by atoms with Crippen LogP contribution in [0.15, 0.2) is 173 Å². The van der Waals surface area contributed by atoms with Gasteiger partial charge in [-0.25, -0.2) is 0 Å². The Morgan fingerprint density at radius 2 is 1.13 bits per heavy atom. The summed E-state index contributed by atoms with van der Waals surface area (Å²) in [6, 6.07) is 45.5. The van der Waals surface area contributed by atoms with Crippen LogP contribution in [0.5, 0.6) is 0 Å². The van der Waals surface area contributed by atoms with E-state index in [9.17, 15) is 0 Å². The highest BCUT2D eigenvalue weighted by Gasteiger charge is 2.15. The van der Waals surface area contributed by atoms with Crippen molar-refractivity contribution in [3.8, 4) is 22.6 Å². The van der Waals surface area contributed by atoms with E-state index in [4.69, 9.17) is 14.6 Å². The van der Waals surface area contributed by atoms with Crippen LogP contribution in [-0.2, 0) is 0 Å². The Hall–Kier alpha value is -6.20. The average molecular weight is 600 g/mol. The zero-order chi connectivity index (χ0) is 31.3. The number of nitrogens with one attached hydrogen (secondary N) is 1. The van der Waals surface area contributed by atoms with Crippen molar-refractivity contribution in [3.63, 3.8) is 0 Å². The predicted octanol–water partition coefficient (Wildman–Crippen LogP) is 10.6. The van der Waals surface area contributed by atoms with Gasteiger partial charge in [0.25, 0.3) is 0 Å². The molecule has 0 amide bonds. The van der Waals surface area contributed by atoms with E-state index in [2.05, 4.69) is 102 Å². The van der Waals surface area contributed by atoms with Crippen LogP contribution in [0, 0.1) is 0 Å². The molecule has 0 atom stereocenters. The molecule has 46 heavy (non-hydrogen) atoms. The maximum atomic E-state index is 6.38. The van der Waals surface area contributed by atoms with Gasteiger partial charge in [-0.15, -0.1) is 0 Å². The molecule has 0 aliphatic heterocycles. The molecule has 2 heterocycles. The fraction of sp³-hybridized carbons (Fsp3) is 0.0244. The minimum Gasteiger partial charge on any atom is -0.456 e. The van der Waals surface area contributed by atoms with Crippen molar-refractivity contribution in [3.05, 3.63) is 170 Å². The number of allylic oxidation sites excluding steroid dienone is 2. The van der Waals surface area contributed by atoms with Crippen LogP contribution in [0.2, 0.25) is 0 Å². The monoisotopic (exact) mass is 599 g/mol. The average Bonchev–Trinajstić information content (AvgIpc) is 3.74. The van der Waals surface area contributed by atoms with Crippen molar-refractivity contribution in [2.75, 3.05) is 11.4 Å². The van der Waals surface area contributed by atoms with E-state index in [0.717, 1.165) is 67.2 Å². The fourth-order valence-corrected chi connectivity index (χ4v) is 5.53. The number of nitrogens with two attached hydrogens (primary N) is 1. The molecule has 7 rings (SSSR count). The first-order valence-corrected chi connectivity index (χ1v) is 15.2. The number of furan rings is 2. The number of nitrogens with zero attached hydrogens (tertiary/aromatic N) is 1. The van der Waals surface area contributed by atoms with Gasteiger partial charge in [-0.1, -0.05) is 73.3 Å². The van der Waals surface area contributed by atoms with Gasteiger partial charge in [-0.05, 0) is 90.5 Å². The summed E-state index contributed by atoms with van der Waals surface area (Å²) in [6.45, 7) is 4.37. The highest BCUT2D eigenvalue weighted by molar-refractivity contribution is 5.85. The van der Waals surface area contributed by atoms with Gasteiger partial charge >= 0.3 is 0 Å². The van der Waals surface area contributed by atoms with Crippen molar-refractivity contribution in [2.24, 2.45) is 5.73 Å². The first kappa shape index (κ1) is 28.6. The molecule has 7 aromatic rings. The summed E-state index contributed by atoms with van der Waals surface area (Å²) in [7, 11) is 0. The first-order valence-electron chi connectivity index (χ1n) is 15.2. The summed E-state index contributed by atoms with van der Waals surface area (Å²) < 4.78 is 12.3. The van der Waals surface area contributed by atoms with E-state index < -0.39 is 0 Å². The molecule has 5 nitrogen and oxygen atoms in total. The minimum atomic E-state index is 0.662. The highest BCUT2D eigenvalue weighted by atomic mass is 16.3. The third-order valence-electron chi connectivity index (χ3n) is 7.90. The molecule has 224 valence electrons. The predicted molar refractivity (Wildman–Crippen MR) is 191 cm³/mol. The summed E-state index contributed by atoms with van der Waals surface area (Å²) in [6.07, 6.45) is 7.45. The lowest BCUT2D eigenvalue weighted by Gasteiger charge is -2.26. The van der Waals surface area contributed by atoms with Crippen LogP contribution >= 0.6 is 0 Å². The van der Waals surface area contributed by atoms with Crippen molar-refractivity contribution in [2.45, 2.75) is 0 Å². The second kappa shape index (κ2) is 12.8. The van der Waals surface area contributed by atoms with Gasteiger partial charge in [0.05, 0.1) is 5.70 Å². The van der Waals surface area contributed by atoms with E-state index in [0.29, 0.717) is 12.2 Å². The van der Waals surface area contributed by atoms with Crippen LogP contribution in [0.3, 0.4) is 0 Å². The van der Waals surface area contributed by atoms with Crippen LogP contribution < -0.4 is 16.0 Å². The Morgan fingerprint density at radius 1 is 0.652 bits per heavy atom. The molecule has 0 spiro atoms. The van der Waals surface area contributed by atoms with Crippen LogP contribution in [0.1, 0.15) is 5.56 Å². The van der Waals surface area contributed by atoms with Crippen LogP contribution in [-0.4, -0.2) is 6.54 Å². The van der Waals surface area contributed by atoms with E-state index in [-0.39, 0.29) is 0 Å². The maximum Gasteiger partial charge on any atom is 0.135 e. The summed E-state index contributed by atoms with van der Waals surface area (Å²) in [5.74, 6) is 1.68. The first-order chi connectivity index (χ1) is 22.7. The minimum absolute atomic E-state index is 0.662. The van der Waals surface area contributed by atoms with Crippen LogP contribution in [0.25, 0.3) is 50.3 Å². The molecule has 5 heteroatoms. The molecule has 5 aromatic carbocycles. The van der Waals surface area contributed by atoms with E-state index in [1.54, 1.807) is 6.08 Å². The van der Waals surface area contributed by atoms with Gasteiger partial charge in [0.2, 0.25) is 0 Å². The van der Waals surface area contributed by atoms with Gasteiger partial charge in [-0.3, -0.25) is 0 Å². The molecule has 2 aromatic heterocycles. The van der Waals surface area contributed by atoms with Crippen molar-refractivity contribution in [1.29, 1.82) is 0 Å². The normalized spacial score (nSPS) is 11.8. The molecule has 0 radical (unpaired) electrons. The topological polar surface area (TPSA) is 67.6 Å². The van der Waals surface area contributed by atoms with Gasteiger partial charge in [-0.2, -0.15) is 0 Å². The summed E-state index contributed by atoms with van der Waals surface area (Å²) in [5.41, 5.74) is 14.8. The molecule has 0 aliphatic carbocycles. The van der Waals surface area contributed by atoms with Crippen molar-refractivity contribution >= 4 is 44.7 Å². The summed E-state index contributed by atoms with van der Waals surface area (Å²) in [5, 5.41) is 5.39. The molecular formula is C41H33N3O2. The lowest BCUT2D eigenvalue weighted by atomic mass is 10.1. The standard InChI is InChI=1S/C41H33N3O2/c1-2-3-8-25-43-28-37(42)29-13-19-34(20-14-29)44(35-21-15-30(16-22-35)40-26-32-9-4-6-11-38(32)45-40)36-23-17-31(18-24-36)41-27-33-10-5-7-12-39(33)46-41/h2-24,26-28,43H,1,25,42H2/b8-3-,37-28-. The van der Waals surface area contributed by atoms with Gasteiger partial charge in [0.1, 0.15) is 22.7 Å². The molecule has 0 aliphatic rings. The van der Waals surface area contributed by atoms with Crippen molar-refractivity contribution < 1.29 is 8.83 Å². The number of hydrogen-bond acceptors (Lipinski definition) is 5. The highest BCUT2D eigenvalue weighted by Crippen LogP contribution is 2.38. The molecule has 3 N–H and O–H groups in total. The number of rotatable bonds is 10. The number of anilines is 3.